The molecule has 0 amide bonds. The Hall–Kier alpha value is -0.830. The summed E-state index contributed by atoms with van der Waals surface area (Å²) in [6.07, 6.45) is -4.21. The molecule has 0 saturated carbocycles. The van der Waals surface area contributed by atoms with Gasteiger partial charge in [0.1, 0.15) is 0 Å². The van der Waals surface area contributed by atoms with Crippen molar-refractivity contribution >= 4 is 21.6 Å². The Bertz CT molecular complexity index is 582. The first-order chi connectivity index (χ1) is 8.73. The molecule has 1 saturated heterocycles. The predicted molar refractivity (Wildman–Crippen MR) is 60.9 cm³/mol. The summed E-state index contributed by atoms with van der Waals surface area (Å²) < 4.78 is 62.7. The first kappa shape index (κ1) is 14.6. The van der Waals surface area contributed by atoms with Crippen molar-refractivity contribution in [3.8, 4) is 0 Å². The van der Waals surface area contributed by atoms with Gasteiger partial charge in [0.25, 0.3) is 10.0 Å². The summed E-state index contributed by atoms with van der Waals surface area (Å²) in [5.74, 6) is 0. The normalized spacial score (nSPS) is 17.9. The molecule has 4 nitrogen and oxygen atoms in total. The van der Waals surface area contributed by atoms with Gasteiger partial charge in [0.05, 0.1) is 22.1 Å². The van der Waals surface area contributed by atoms with Crippen LogP contribution in [0.1, 0.15) is 12.0 Å². The van der Waals surface area contributed by atoms with E-state index in [-0.39, 0.29) is 13.2 Å². The van der Waals surface area contributed by atoms with Gasteiger partial charge in [-0.05, 0) is 24.6 Å². The average molecular weight is 316 g/mol. The molecular weight excluding hydrogens is 307 g/mol. The molecule has 0 aliphatic carbocycles. The Kier molecular flexibility index (Phi) is 3.78. The summed E-state index contributed by atoms with van der Waals surface area (Å²) in [5, 5.41) is -0.547. The molecule has 0 bridgehead atoms. The summed E-state index contributed by atoms with van der Waals surface area (Å²) in [5.41, 5.74) is -1.19. The summed E-state index contributed by atoms with van der Waals surface area (Å²) in [6.45, 7) is 0.339. The predicted octanol–water partition coefficient (Wildman–Crippen LogP) is 2.68. The first-order valence-corrected chi connectivity index (χ1v) is 7.07. The number of nitrogens with zero attached hydrogens (tertiary/aromatic N) is 1. The van der Waals surface area contributed by atoms with E-state index in [9.17, 15) is 21.6 Å². The molecule has 1 aromatic rings. The molecule has 0 radical (unpaired) electrons. The fourth-order valence-electron chi connectivity index (χ4n) is 1.61. The van der Waals surface area contributed by atoms with Crippen molar-refractivity contribution < 1.29 is 26.4 Å². The Labute approximate surface area is 112 Å². The monoisotopic (exact) mass is 315 g/mol. The van der Waals surface area contributed by atoms with Crippen LogP contribution in [-0.4, -0.2) is 26.0 Å². The lowest BCUT2D eigenvalue weighted by Gasteiger charge is -2.16. The molecule has 0 aromatic heterocycles. The van der Waals surface area contributed by atoms with Gasteiger partial charge in [0, 0.05) is 6.54 Å². The van der Waals surface area contributed by atoms with E-state index in [1.807, 2.05) is 0 Å². The molecule has 1 aliphatic rings. The molecule has 0 unspecified atom stereocenters. The Morgan fingerprint density at radius 3 is 2.53 bits per heavy atom. The van der Waals surface area contributed by atoms with Crippen LogP contribution in [0.2, 0.25) is 5.02 Å². The smallest absolute Gasteiger partial charge is 0.284 e. The van der Waals surface area contributed by atoms with Gasteiger partial charge in [-0.1, -0.05) is 16.1 Å². The van der Waals surface area contributed by atoms with Crippen LogP contribution in [0.5, 0.6) is 0 Å². The Morgan fingerprint density at radius 1 is 1.32 bits per heavy atom. The second kappa shape index (κ2) is 4.93. The van der Waals surface area contributed by atoms with Gasteiger partial charge >= 0.3 is 6.18 Å². The fourth-order valence-corrected chi connectivity index (χ4v) is 3.16. The van der Waals surface area contributed by atoms with Crippen LogP contribution >= 0.6 is 11.6 Å². The third-order valence-corrected chi connectivity index (χ3v) is 4.53. The first-order valence-electron chi connectivity index (χ1n) is 5.25. The van der Waals surface area contributed by atoms with Crippen LogP contribution in [0.15, 0.2) is 23.1 Å². The van der Waals surface area contributed by atoms with Gasteiger partial charge < -0.3 is 0 Å². The van der Waals surface area contributed by atoms with Crippen LogP contribution in [0, 0.1) is 0 Å². The van der Waals surface area contributed by atoms with E-state index in [0.29, 0.717) is 17.0 Å². The quantitative estimate of drug-likeness (QED) is 0.843. The van der Waals surface area contributed by atoms with Crippen molar-refractivity contribution in [2.45, 2.75) is 17.5 Å². The van der Waals surface area contributed by atoms with E-state index in [1.54, 1.807) is 0 Å². The van der Waals surface area contributed by atoms with E-state index < -0.39 is 31.7 Å². The summed E-state index contributed by atoms with van der Waals surface area (Å²) >= 11 is 5.43. The number of rotatable bonds is 2. The van der Waals surface area contributed by atoms with E-state index in [0.717, 1.165) is 12.1 Å². The number of hydrogen-bond acceptors (Lipinski definition) is 3. The lowest BCUT2D eigenvalue weighted by Crippen LogP contribution is -2.27. The molecule has 1 aliphatic heterocycles. The van der Waals surface area contributed by atoms with Gasteiger partial charge in [0.15, 0.2) is 0 Å². The minimum Gasteiger partial charge on any atom is -0.284 e. The third-order valence-electron chi connectivity index (χ3n) is 2.53. The van der Waals surface area contributed by atoms with Crippen LogP contribution in [-0.2, 0) is 21.0 Å². The van der Waals surface area contributed by atoms with Gasteiger partial charge in [-0.25, -0.2) is 8.42 Å². The molecule has 0 N–H and O–H groups in total. The van der Waals surface area contributed by atoms with E-state index in [2.05, 4.69) is 0 Å². The maximum Gasteiger partial charge on any atom is 0.417 e. The molecule has 106 valence electrons. The van der Waals surface area contributed by atoms with E-state index in [4.69, 9.17) is 16.4 Å². The SMILES string of the molecule is O=S(=O)(c1ccc(Cl)c(C(F)(F)F)c1)N1CCCO1. The molecular formula is C10H9ClF3NO3S. The second-order valence-electron chi connectivity index (χ2n) is 3.86. The molecule has 19 heavy (non-hydrogen) atoms. The standard InChI is InChI=1S/C10H9ClF3NO3S/c11-9-3-2-7(6-8(9)10(12,13)14)19(16,17)15-4-1-5-18-15/h2-3,6H,1,4-5H2. The molecule has 1 aromatic carbocycles. The topological polar surface area (TPSA) is 46.6 Å². The number of halogens is 4. The van der Waals surface area contributed by atoms with Crippen molar-refractivity contribution in [1.29, 1.82) is 0 Å². The highest BCUT2D eigenvalue weighted by Gasteiger charge is 2.36. The van der Waals surface area contributed by atoms with Crippen molar-refractivity contribution in [3.05, 3.63) is 28.8 Å². The van der Waals surface area contributed by atoms with Crippen LogP contribution < -0.4 is 0 Å². The maximum absolute atomic E-state index is 12.7. The maximum atomic E-state index is 12.7. The lowest BCUT2D eigenvalue weighted by atomic mass is 10.2. The van der Waals surface area contributed by atoms with Gasteiger partial charge in [-0.3, -0.25) is 4.84 Å². The number of benzene rings is 1. The molecule has 0 atom stereocenters. The number of hydrogen-bond donors (Lipinski definition) is 0. The highest BCUT2D eigenvalue weighted by atomic mass is 35.5. The van der Waals surface area contributed by atoms with Crippen molar-refractivity contribution in [3.63, 3.8) is 0 Å². The summed E-state index contributed by atoms with van der Waals surface area (Å²) in [6, 6.07) is 2.45. The highest BCUT2D eigenvalue weighted by molar-refractivity contribution is 7.89. The minimum atomic E-state index is -4.71. The zero-order chi connectivity index (χ0) is 14.3. The van der Waals surface area contributed by atoms with Crippen molar-refractivity contribution in [1.82, 2.24) is 4.47 Å². The van der Waals surface area contributed by atoms with Crippen LogP contribution in [0.3, 0.4) is 0 Å². The molecule has 1 heterocycles. The third kappa shape index (κ3) is 2.86. The number of alkyl halides is 3. The highest BCUT2D eigenvalue weighted by Crippen LogP contribution is 2.36. The Balaban J connectivity index is 2.46. The molecule has 1 fully saturated rings. The average Bonchev–Trinajstić information content (AvgIpc) is 2.81. The minimum absolute atomic E-state index is 0.117. The van der Waals surface area contributed by atoms with Crippen LogP contribution in [0.25, 0.3) is 0 Å². The summed E-state index contributed by atoms with van der Waals surface area (Å²) in [7, 11) is -4.09. The fraction of sp³-hybridized carbons (Fsp3) is 0.400. The van der Waals surface area contributed by atoms with Crippen molar-refractivity contribution in [2.24, 2.45) is 0 Å². The zero-order valence-electron chi connectivity index (χ0n) is 9.45. The molecule has 9 heteroatoms. The molecule has 2 rings (SSSR count). The summed E-state index contributed by atoms with van der Waals surface area (Å²) in [4.78, 5) is 4.36. The van der Waals surface area contributed by atoms with E-state index in [1.165, 1.54) is 0 Å². The van der Waals surface area contributed by atoms with Crippen LogP contribution in [0.4, 0.5) is 13.2 Å². The number of sulfonamides is 1. The zero-order valence-corrected chi connectivity index (χ0v) is 11.0. The number of hydroxylamine groups is 1. The van der Waals surface area contributed by atoms with E-state index >= 15 is 0 Å². The lowest BCUT2D eigenvalue weighted by molar-refractivity contribution is -0.137. The second-order valence-corrected chi connectivity index (χ2v) is 6.09. The largest absolute Gasteiger partial charge is 0.417 e. The van der Waals surface area contributed by atoms with Gasteiger partial charge in [-0.15, -0.1) is 0 Å². The van der Waals surface area contributed by atoms with Gasteiger partial charge in [0.2, 0.25) is 0 Å². The Morgan fingerprint density at radius 2 is 2.00 bits per heavy atom. The molecule has 0 spiro atoms. The van der Waals surface area contributed by atoms with Gasteiger partial charge in [-0.2, -0.15) is 13.2 Å². The van der Waals surface area contributed by atoms with Crippen molar-refractivity contribution in [2.75, 3.05) is 13.2 Å².